The smallest absolute Gasteiger partial charge is 0.459 e. The van der Waals surface area contributed by atoms with Gasteiger partial charge in [0.15, 0.2) is 0 Å². The van der Waals surface area contributed by atoms with E-state index in [9.17, 15) is 18.4 Å². The molecule has 29 heavy (non-hydrogen) atoms. The predicted molar refractivity (Wildman–Crippen MR) is 99.6 cm³/mol. The second-order valence-electron chi connectivity index (χ2n) is 9.65. The van der Waals surface area contributed by atoms with Crippen LogP contribution in [0.15, 0.2) is 0 Å². The number of hydrogen-bond donors (Lipinski definition) is 1. The molecule has 2 unspecified atom stereocenters. The average molecular weight is 435 g/mol. The summed E-state index contributed by atoms with van der Waals surface area (Å²) in [7, 11) is 0. The molecule has 0 radical (unpaired) electrons. The van der Waals surface area contributed by atoms with Crippen molar-refractivity contribution in [3.63, 3.8) is 0 Å². The highest BCUT2D eigenvalue weighted by atomic mass is 32.1. The number of thiol groups is 1. The molecule has 2 atom stereocenters. The van der Waals surface area contributed by atoms with Gasteiger partial charge in [-0.1, -0.05) is 19.3 Å². The van der Waals surface area contributed by atoms with Gasteiger partial charge in [0, 0.05) is 18.3 Å². The normalized spacial score (nSPS) is 36.8. The van der Waals surface area contributed by atoms with Crippen LogP contribution in [-0.4, -0.2) is 30.3 Å². The van der Waals surface area contributed by atoms with Crippen molar-refractivity contribution in [2.45, 2.75) is 82.3 Å². The van der Waals surface area contributed by atoms with Crippen molar-refractivity contribution in [2.75, 3.05) is 6.61 Å². The largest absolute Gasteiger partial charge is 0.483 e. The Morgan fingerprint density at radius 1 is 1.03 bits per heavy atom. The number of esters is 2. The Labute approximate surface area is 174 Å². The molecule has 9 heteroatoms. The minimum atomic E-state index is -4.21. The number of carbonyl (C=O) groups excluding carboxylic acids is 2. The van der Waals surface area contributed by atoms with E-state index in [-0.39, 0.29) is 18.5 Å². The Bertz CT molecular complexity index is 637. The fourth-order valence-electron chi connectivity index (χ4n) is 6.67. The van der Waals surface area contributed by atoms with Crippen LogP contribution >= 0.6 is 12.9 Å². The highest BCUT2D eigenvalue weighted by Crippen LogP contribution is 2.63. The van der Waals surface area contributed by atoms with Crippen LogP contribution in [-0.2, 0) is 28.3 Å². The van der Waals surface area contributed by atoms with Crippen LogP contribution in [0.1, 0.15) is 70.6 Å². The van der Waals surface area contributed by atoms with Crippen molar-refractivity contribution in [3.05, 3.63) is 0 Å². The number of halogens is 2. The second kappa shape index (κ2) is 7.96. The lowest BCUT2D eigenvalue weighted by molar-refractivity contribution is -0.370. The number of alkyl halides is 2. The standard InChI is InChI=1S/C20H28F2O6S/c21-20(22,27-28-29)17(24)25-12-18-7-13-6-14(8-18)10-19(9-13,11-18)26-16(23)15-4-2-1-3-5-15/h13-15,29H,1-12H2. The topological polar surface area (TPSA) is 71.1 Å². The zero-order valence-corrected chi connectivity index (χ0v) is 17.3. The maximum absolute atomic E-state index is 13.5. The van der Waals surface area contributed by atoms with Crippen molar-refractivity contribution < 1.29 is 37.1 Å². The number of carbonyl (C=O) groups is 2. The Morgan fingerprint density at radius 3 is 2.31 bits per heavy atom. The number of ether oxygens (including phenoxy) is 2. The van der Waals surface area contributed by atoms with Crippen molar-refractivity contribution in [3.8, 4) is 0 Å². The third kappa shape index (κ3) is 4.42. The van der Waals surface area contributed by atoms with E-state index in [0.29, 0.717) is 18.3 Å². The molecule has 5 fully saturated rings. The van der Waals surface area contributed by atoms with Gasteiger partial charge in [0.05, 0.1) is 12.5 Å². The van der Waals surface area contributed by atoms with Gasteiger partial charge < -0.3 is 9.47 Å². The molecule has 6 nitrogen and oxygen atoms in total. The van der Waals surface area contributed by atoms with Gasteiger partial charge >= 0.3 is 18.0 Å². The molecule has 0 aliphatic heterocycles. The van der Waals surface area contributed by atoms with Gasteiger partial charge in [-0.3, -0.25) is 4.79 Å². The van der Waals surface area contributed by atoms with Crippen molar-refractivity contribution in [1.29, 1.82) is 0 Å². The van der Waals surface area contributed by atoms with Gasteiger partial charge in [0.1, 0.15) is 5.60 Å². The third-order valence-electron chi connectivity index (χ3n) is 7.27. The van der Waals surface area contributed by atoms with E-state index in [4.69, 9.17) is 9.47 Å². The molecule has 5 aliphatic carbocycles. The molecule has 0 saturated heterocycles. The Balaban J connectivity index is 1.43. The van der Waals surface area contributed by atoms with Crippen LogP contribution in [0, 0.1) is 23.2 Å². The van der Waals surface area contributed by atoms with E-state index in [1.807, 2.05) is 0 Å². The fourth-order valence-corrected chi connectivity index (χ4v) is 6.77. The first kappa shape index (κ1) is 21.3. The molecule has 0 aromatic carbocycles. The molecule has 5 aliphatic rings. The fraction of sp³-hybridized carbons (Fsp3) is 0.900. The van der Waals surface area contributed by atoms with E-state index >= 15 is 0 Å². The summed E-state index contributed by atoms with van der Waals surface area (Å²) in [5.41, 5.74) is -0.970. The van der Waals surface area contributed by atoms with E-state index < -0.39 is 23.1 Å². The predicted octanol–water partition coefficient (Wildman–Crippen LogP) is 4.38. The van der Waals surface area contributed by atoms with Crippen molar-refractivity contribution in [1.82, 2.24) is 0 Å². The van der Waals surface area contributed by atoms with E-state index in [1.165, 1.54) is 6.42 Å². The van der Waals surface area contributed by atoms with Gasteiger partial charge in [-0.05, 0) is 63.2 Å². The van der Waals surface area contributed by atoms with Gasteiger partial charge in [-0.25, -0.2) is 4.79 Å². The van der Waals surface area contributed by atoms with Crippen LogP contribution in [0.2, 0.25) is 0 Å². The van der Waals surface area contributed by atoms with Crippen LogP contribution in [0.25, 0.3) is 0 Å². The quantitative estimate of drug-likeness (QED) is 0.211. The second-order valence-corrected chi connectivity index (χ2v) is 9.80. The molecule has 164 valence electrons. The van der Waals surface area contributed by atoms with Crippen LogP contribution in [0.5, 0.6) is 0 Å². The van der Waals surface area contributed by atoms with Gasteiger partial charge in [-0.2, -0.15) is 13.1 Å². The van der Waals surface area contributed by atoms with Crippen molar-refractivity contribution >= 4 is 24.8 Å². The van der Waals surface area contributed by atoms with Crippen LogP contribution in [0.3, 0.4) is 0 Å². The molecule has 0 heterocycles. The average Bonchev–Trinajstić information content (AvgIpc) is 2.65. The molecule has 5 rings (SSSR count). The summed E-state index contributed by atoms with van der Waals surface area (Å²) >= 11 is 3.08. The summed E-state index contributed by atoms with van der Waals surface area (Å²) in [5, 5.41) is 0. The molecule has 4 bridgehead atoms. The summed E-state index contributed by atoms with van der Waals surface area (Å²) < 4.78 is 41.7. The molecular weight excluding hydrogens is 406 g/mol. The van der Waals surface area contributed by atoms with E-state index in [0.717, 1.165) is 57.8 Å². The molecular formula is C20H28F2O6S. The first-order valence-corrected chi connectivity index (χ1v) is 10.9. The maximum atomic E-state index is 13.5. The van der Waals surface area contributed by atoms with Gasteiger partial charge in [0.25, 0.3) is 0 Å². The molecule has 0 N–H and O–H groups in total. The number of rotatable bonds is 7. The summed E-state index contributed by atoms with van der Waals surface area (Å²) in [6.07, 6.45) is 5.71. The Morgan fingerprint density at radius 2 is 1.69 bits per heavy atom. The van der Waals surface area contributed by atoms with Gasteiger partial charge in [-0.15, -0.1) is 4.89 Å². The molecule has 0 aromatic rings. The molecule has 0 aromatic heterocycles. The molecule has 0 spiro atoms. The third-order valence-corrected chi connectivity index (χ3v) is 7.35. The lowest BCUT2D eigenvalue weighted by Crippen LogP contribution is -2.59. The first-order valence-electron chi connectivity index (χ1n) is 10.5. The van der Waals surface area contributed by atoms with Crippen molar-refractivity contribution in [2.24, 2.45) is 23.2 Å². The monoisotopic (exact) mass is 434 g/mol. The van der Waals surface area contributed by atoms with Gasteiger partial charge in [0.2, 0.25) is 0 Å². The Kier molecular flexibility index (Phi) is 5.85. The zero-order chi connectivity index (χ0) is 20.7. The minimum Gasteiger partial charge on any atom is -0.459 e. The minimum absolute atomic E-state index is 0.0254. The first-order chi connectivity index (χ1) is 13.7. The van der Waals surface area contributed by atoms with Crippen LogP contribution < -0.4 is 0 Å². The summed E-state index contributed by atoms with van der Waals surface area (Å²) in [4.78, 5) is 28.1. The van der Waals surface area contributed by atoms with Crippen LogP contribution in [0.4, 0.5) is 8.78 Å². The van der Waals surface area contributed by atoms with E-state index in [1.54, 1.807) is 0 Å². The maximum Gasteiger partial charge on any atom is 0.483 e. The number of hydrogen-bond acceptors (Lipinski definition) is 7. The molecule has 0 amide bonds. The summed E-state index contributed by atoms with van der Waals surface area (Å²) in [6.45, 7) is -0.132. The lowest BCUT2D eigenvalue weighted by atomic mass is 9.48. The Hall–Kier alpha value is -0.930. The summed E-state index contributed by atoms with van der Waals surface area (Å²) in [5.74, 6) is -1.19. The lowest BCUT2D eigenvalue weighted by Gasteiger charge is -2.61. The highest BCUT2D eigenvalue weighted by molar-refractivity contribution is 7.74. The highest BCUT2D eigenvalue weighted by Gasteiger charge is 2.60. The van der Waals surface area contributed by atoms with E-state index in [2.05, 4.69) is 22.1 Å². The molecule has 5 saturated carbocycles. The SMILES string of the molecule is O=C(OC12CC3CC(CC(COC(=O)C(F)(F)OOS)(C3)C1)C2)C1CCCCC1. The zero-order valence-electron chi connectivity index (χ0n) is 16.4. The summed E-state index contributed by atoms with van der Waals surface area (Å²) in [6, 6.07) is 0.